The highest BCUT2D eigenvalue weighted by Crippen LogP contribution is 2.22. The summed E-state index contributed by atoms with van der Waals surface area (Å²) >= 11 is 1.20. The van der Waals surface area contributed by atoms with Crippen molar-refractivity contribution in [2.45, 2.75) is 17.5 Å². The van der Waals surface area contributed by atoms with Gasteiger partial charge in [0, 0.05) is 5.75 Å². The summed E-state index contributed by atoms with van der Waals surface area (Å²) in [6.45, 7) is -0.111. The van der Waals surface area contributed by atoms with Gasteiger partial charge in [-0.3, -0.25) is 4.79 Å². The molecule has 0 fully saturated rings. The van der Waals surface area contributed by atoms with Crippen molar-refractivity contribution in [1.82, 2.24) is 20.2 Å². The second-order valence-electron chi connectivity index (χ2n) is 3.90. The van der Waals surface area contributed by atoms with Crippen LogP contribution in [-0.2, 0) is 21.8 Å². The van der Waals surface area contributed by atoms with Gasteiger partial charge in [0.2, 0.25) is 5.16 Å². The van der Waals surface area contributed by atoms with E-state index in [0.29, 0.717) is 22.0 Å². The summed E-state index contributed by atoms with van der Waals surface area (Å²) in [5.74, 6) is -0.589. The van der Waals surface area contributed by atoms with E-state index in [9.17, 15) is 9.18 Å². The van der Waals surface area contributed by atoms with Crippen molar-refractivity contribution in [3.05, 3.63) is 35.1 Å². The van der Waals surface area contributed by atoms with E-state index in [1.807, 2.05) is 6.07 Å². The molecule has 21 heavy (non-hydrogen) atoms. The molecule has 108 valence electrons. The number of carbonyl (C=O) groups excluding carboxylic acids is 1. The molecule has 0 unspecified atom stereocenters. The number of methoxy groups -OCH3 is 1. The fourth-order valence-electron chi connectivity index (χ4n) is 1.52. The third-order valence-corrected chi connectivity index (χ3v) is 3.56. The number of hydrogen-bond acceptors (Lipinski definition) is 7. The molecule has 1 heterocycles. The van der Waals surface area contributed by atoms with Gasteiger partial charge < -0.3 is 4.74 Å². The van der Waals surface area contributed by atoms with Gasteiger partial charge in [0.1, 0.15) is 12.4 Å². The standard InChI is InChI=1S/C12H10FN5O2S/c1-20-11(19)6-18-12(15-16-17-18)21-7-9-4-10(13)3-2-8(9)5-14/h2-4H,6-7H2,1H3. The van der Waals surface area contributed by atoms with Crippen molar-refractivity contribution >= 4 is 17.7 Å². The SMILES string of the molecule is COC(=O)Cn1nnnc1SCc1cc(F)ccc1C#N. The van der Waals surface area contributed by atoms with Crippen LogP contribution in [0.15, 0.2) is 23.4 Å². The lowest BCUT2D eigenvalue weighted by atomic mass is 10.1. The summed E-state index contributed by atoms with van der Waals surface area (Å²) in [5.41, 5.74) is 0.922. The predicted octanol–water partition coefficient (Wildman–Crippen LogP) is 1.15. The van der Waals surface area contributed by atoms with Gasteiger partial charge in [-0.2, -0.15) is 5.26 Å². The first-order chi connectivity index (χ1) is 10.1. The molecule has 2 rings (SSSR count). The normalized spacial score (nSPS) is 10.1. The minimum Gasteiger partial charge on any atom is -0.468 e. The van der Waals surface area contributed by atoms with E-state index in [4.69, 9.17) is 5.26 Å². The molecule has 0 aliphatic carbocycles. The van der Waals surface area contributed by atoms with Gasteiger partial charge in [0.05, 0.1) is 18.7 Å². The van der Waals surface area contributed by atoms with Crippen LogP contribution in [-0.4, -0.2) is 33.3 Å². The van der Waals surface area contributed by atoms with Crippen molar-refractivity contribution in [3.8, 4) is 6.07 Å². The first-order valence-electron chi connectivity index (χ1n) is 5.78. The summed E-state index contributed by atoms with van der Waals surface area (Å²) in [5, 5.41) is 20.3. The smallest absolute Gasteiger partial charge is 0.327 e. The molecule has 0 spiro atoms. The number of carbonyl (C=O) groups is 1. The van der Waals surface area contributed by atoms with Crippen LogP contribution in [0.2, 0.25) is 0 Å². The molecular weight excluding hydrogens is 297 g/mol. The van der Waals surface area contributed by atoms with Gasteiger partial charge >= 0.3 is 5.97 Å². The molecule has 1 aromatic heterocycles. The molecular formula is C12H10FN5O2S. The Morgan fingerprint density at radius 1 is 1.57 bits per heavy atom. The Labute approximate surface area is 123 Å². The van der Waals surface area contributed by atoms with E-state index >= 15 is 0 Å². The Balaban J connectivity index is 2.11. The molecule has 0 bridgehead atoms. The summed E-state index contributed by atoms with van der Waals surface area (Å²) in [6.07, 6.45) is 0. The average molecular weight is 307 g/mol. The molecule has 0 aliphatic rings. The van der Waals surface area contributed by atoms with E-state index < -0.39 is 11.8 Å². The quantitative estimate of drug-likeness (QED) is 0.604. The molecule has 0 atom stereocenters. The minimum absolute atomic E-state index is 0.111. The number of tetrazole rings is 1. The van der Waals surface area contributed by atoms with E-state index in [0.717, 1.165) is 0 Å². The number of nitrogens with zero attached hydrogens (tertiary/aromatic N) is 5. The third-order valence-electron chi connectivity index (χ3n) is 2.55. The van der Waals surface area contributed by atoms with Crippen molar-refractivity contribution in [2.75, 3.05) is 7.11 Å². The van der Waals surface area contributed by atoms with E-state index in [1.165, 1.54) is 41.8 Å². The minimum atomic E-state index is -0.479. The van der Waals surface area contributed by atoms with Crippen LogP contribution in [0.1, 0.15) is 11.1 Å². The zero-order valence-electron chi connectivity index (χ0n) is 11.0. The molecule has 0 saturated carbocycles. The molecule has 1 aromatic carbocycles. The molecule has 0 N–H and O–H groups in total. The Bertz CT molecular complexity index is 697. The summed E-state index contributed by atoms with van der Waals surface area (Å²) < 4.78 is 19.0. The zero-order chi connectivity index (χ0) is 15.2. The molecule has 0 aliphatic heterocycles. The van der Waals surface area contributed by atoms with Crippen molar-refractivity contribution in [1.29, 1.82) is 5.26 Å². The Kier molecular flexibility index (Phi) is 4.84. The van der Waals surface area contributed by atoms with Crippen LogP contribution in [0.4, 0.5) is 4.39 Å². The van der Waals surface area contributed by atoms with Crippen molar-refractivity contribution in [2.24, 2.45) is 0 Å². The number of thioether (sulfide) groups is 1. The van der Waals surface area contributed by atoms with Crippen LogP contribution in [0.25, 0.3) is 0 Å². The number of halogens is 1. The maximum absolute atomic E-state index is 13.2. The monoisotopic (exact) mass is 307 g/mol. The number of hydrogen-bond donors (Lipinski definition) is 0. The van der Waals surface area contributed by atoms with Crippen molar-refractivity contribution < 1.29 is 13.9 Å². The van der Waals surface area contributed by atoms with Crippen LogP contribution >= 0.6 is 11.8 Å². The molecule has 2 aromatic rings. The topological polar surface area (TPSA) is 93.7 Å². The van der Waals surface area contributed by atoms with Crippen LogP contribution in [0.3, 0.4) is 0 Å². The lowest BCUT2D eigenvalue weighted by Crippen LogP contribution is -2.13. The Morgan fingerprint density at radius 3 is 3.10 bits per heavy atom. The summed E-state index contributed by atoms with van der Waals surface area (Å²) in [7, 11) is 1.27. The first-order valence-corrected chi connectivity index (χ1v) is 6.77. The Morgan fingerprint density at radius 2 is 2.38 bits per heavy atom. The fraction of sp³-hybridized carbons (Fsp3) is 0.250. The van der Waals surface area contributed by atoms with Gasteiger partial charge in [-0.25, -0.2) is 9.07 Å². The number of esters is 1. The number of benzene rings is 1. The molecule has 0 amide bonds. The summed E-state index contributed by atoms with van der Waals surface area (Å²) in [6, 6.07) is 5.94. The fourth-order valence-corrected chi connectivity index (χ4v) is 2.39. The maximum Gasteiger partial charge on any atom is 0.327 e. The van der Waals surface area contributed by atoms with Gasteiger partial charge in [0.25, 0.3) is 0 Å². The lowest BCUT2D eigenvalue weighted by Gasteiger charge is -2.05. The first kappa shape index (κ1) is 14.9. The van der Waals surface area contributed by atoms with Crippen molar-refractivity contribution in [3.63, 3.8) is 0 Å². The van der Waals surface area contributed by atoms with Gasteiger partial charge in [0.15, 0.2) is 0 Å². The van der Waals surface area contributed by atoms with Crippen LogP contribution in [0.5, 0.6) is 0 Å². The Hall–Kier alpha value is -2.47. The van der Waals surface area contributed by atoms with E-state index in [2.05, 4.69) is 20.3 Å². The molecule has 0 radical (unpaired) electrons. The van der Waals surface area contributed by atoms with Crippen LogP contribution < -0.4 is 0 Å². The molecule has 0 saturated heterocycles. The average Bonchev–Trinajstić information content (AvgIpc) is 2.92. The summed E-state index contributed by atoms with van der Waals surface area (Å²) in [4.78, 5) is 11.2. The zero-order valence-corrected chi connectivity index (χ0v) is 11.8. The van der Waals surface area contributed by atoms with E-state index in [-0.39, 0.29) is 6.54 Å². The highest BCUT2D eigenvalue weighted by Gasteiger charge is 2.12. The lowest BCUT2D eigenvalue weighted by molar-refractivity contribution is -0.141. The molecule has 9 heteroatoms. The van der Waals surface area contributed by atoms with Gasteiger partial charge in [-0.15, -0.1) is 5.10 Å². The highest BCUT2D eigenvalue weighted by molar-refractivity contribution is 7.98. The maximum atomic E-state index is 13.2. The second kappa shape index (κ2) is 6.81. The highest BCUT2D eigenvalue weighted by atomic mass is 32.2. The third kappa shape index (κ3) is 3.76. The number of nitriles is 1. The number of rotatable bonds is 5. The predicted molar refractivity (Wildman–Crippen MR) is 70.5 cm³/mol. The second-order valence-corrected chi connectivity index (χ2v) is 4.84. The molecule has 7 nitrogen and oxygen atoms in total. The van der Waals surface area contributed by atoms with Crippen LogP contribution in [0, 0.1) is 17.1 Å². The van der Waals surface area contributed by atoms with E-state index in [1.54, 1.807) is 0 Å². The number of aromatic nitrogens is 4. The van der Waals surface area contributed by atoms with Gasteiger partial charge in [-0.05, 0) is 34.2 Å². The largest absolute Gasteiger partial charge is 0.468 e. The number of ether oxygens (including phenoxy) is 1. The van der Waals surface area contributed by atoms with Gasteiger partial charge in [-0.1, -0.05) is 11.8 Å².